The molecule has 0 saturated heterocycles. The molecule has 2 rings (SSSR count). The minimum Gasteiger partial charge on any atom is -0.397 e. The van der Waals surface area contributed by atoms with Crippen LogP contribution in [0.4, 0.5) is 17.1 Å². The van der Waals surface area contributed by atoms with Crippen LogP contribution in [0, 0.1) is 3.57 Å². The highest BCUT2D eigenvalue weighted by atomic mass is 127. The summed E-state index contributed by atoms with van der Waals surface area (Å²) in [4.78, 5) is 0. The number of nitrogens with one attached hydrogen (secondary N) is 1. The van der Waals surface area contributed by atoms with Crippen molar-refractivity contribution >= 4 is 39.7 Å². The number of hydrogen-bond acceptors (Lipinski definition) is 2. The van der Waals surface area contributed by atoms with E-state index in [1.807, 2.05) is 36.4 Å². The van der Waals surface area contributed by atoms with Gasteiger partial charge in [-0.3, -0.25) is 0 Å². The second-order valence-corrected chi connectivity index (χ2v) is 4.47. The van der Waals surface area contributed by atoms with E-state index < -0.39 is 0 Å². The number of para-hydroxylation sites is 2. The molecule has 0 radical (unpaired) electrons. The van der Waals surface area contributed by atoms with Crippen molar-refractivity contribution in [3.63, 3.8) is 0 Å². The van der Waals surface area contributed by atoms with Crippen molar-refractivity contribution < 1.29 is 0 Å². The minimum absolute atomic E-state index is 0.761. The van der Waals surface area contributed by atoms with Gasteiger partial charge in [0.1, 0.15) is 0 Å². The molecular formula is C12H11IN2. The maximum absolute atomic E-state index is 5.84. The number of nitrogens with two attached hydrogens (primary N) is 1. The molecule has 2 aromatic carbocycles. The molecule has 0 amide bonds. The fourth-order valence-corrected chi connectivity index (χ4v) is 1.88. The Balaban J connectivity index is 2.26. The molecular weight excluding hydrogens is 299 g/mol. The zero-order chi connectivity index (χ0) is 10.7. The van der Waals surface area contributed by atoms with E-state index in [1.54, 1.807) is 0 Å². The van der Waals surface area contributed by atoms with Crippen molar-refractivity contribution in [1.82, 2.24) is 0 Å². The van der Waals surface area contributed by atoms with E-state index in [0.29, 0.717) is 0 Å². The molecule has 0 saturated carbocycles. The van der Waals surface area contributed by atoms with Gasteiger partial charge in [-0.2, -0.15) is 0 Å². The van der Waals surface area contributed by atoms with Gasteiger partial charge in [0.15, 0.2) is 0 Å². The van der Waals surface area contributed by atoms with E-state index in [4.69, 9.17) is 5.73 Å². The molecule has 0 heterocycles. The molecule has 0 bridgehead atoms. The Morgan fingerprint density at radius 3 is 2.53 bits per heavy atom. The highest BCUT2D eigenvalue weighted by molar-refractivity contribution is 14.1. The molecule has 0 fully saturated rings. The van der Waals surface area contributed by atoms with Gasteiger partial charge in [-0.15, -0.1) is 0 Å². The van der Waals surface area contributed by atoms with Crippen LogP contribution in [0.3, 0.4) is 0 Å². The maximum atomic E-state index is 5.84. The van der Waals surface area contributed by atoms with Crippen LogP contribution in [0.5, 0.6) is 0 Å². The lowest BCUT2D eigenvalue weighted by atomic mass is 10.2. The minimum atomic E-state index is 0.761. The van der Waals surface area contributed by atoms with Crippen molar-refractivity contribution in [3.05, 3.63) is 52.1 Å². The van der Waals surface area contributed by atoms with Crippen LogP contribution in [0.2, 0.25) is 0 Å². The fraction of sp³-hybridized carbons (Fsp3) is 0. The van der Waals surface area contributed by atoms with Crippen molar-refractivity contribution in [2.45, 2.75) is 0 Å². The van der Waals surface area contributed by atoms with E-state index in [1.165, 1.54) is 3.57 Å². The third kappa shape index (κ3) is 2.62. The second-order valence-electron chi connectivity index (χ2n) is 3.22. The predicted octanol–water partition coefficient (Wildman–Crippen LogP) is 3.62. The molecule has 0 aromatic heterocycles. The Bertz CT molecular complexity index is 469. The number of benzene rings is 2. The molecule has 3 heteroatoms. The Morgan fingerprint density at radius 1 is 1.00 bits per heavy atom. The molecule has 0 aliphatic carbocycles. The number of halogens is 1. The predicted molar refractivity (Wildman–Crippen MR) is 73.3 cm³/mol. The summed E-state index contributed by atoms with van der Waals surface area (Å²) in [5.41, 5.74) is 8.60. The lowest BCUT2D eigenvalue weighted by Crippen LogP contribution is -1.95. The summed E-state index contributed by atoms with van der Waals surface area (Å²) in [6.45, 7) is 0. The van der Waals surface area contributed by atoms with E-state index in [9.17, 15) is 0 Å². The van der Waals surface area contributed by atoms with E-state index in [-0.39, 0.29) is 0 Å². The van der Waals surface area contributed by atoms with Crippen LogP contribution in [0.15, 0.2) is 48.5 Å². The van der Waals surface area contributed by atoms with Crippen LogP contribution in [-0.2, 0) is 0 Å². The largest absolute Gasteiger partial charge is 0.397 e. The summed E-state index contributed by atoms with van der Waals surface area (Å²) < 4.78 is 1.20. The average molecular weight is 310 g/mol. The fourth-order valence-electron chi connectivity index (χ4n) is 1.33. The lowest BCUT2D eigenvalue weighted by molar-refractivity contribution is 1.53. The molecule has 0 atom stereocenters. The number of rotatable bonds is 2. The Hall–Kier alpha value is -1.23. The number of hydrogen-bond donors (Lipinski definition) is 2. The Morgan fingerprint density at radius 2 is 1.80 bits per heavy atom. The van der Waals surface area contributed by atoms with Gasteiger partial charge in [-0.1, -0.05) is 18.2 Å². The van der Waals surface area contributed by atoms with Crippen LogP contribution in [-0.4, -0.2) is 0 Å². The standard InChI is InChI=1S/C12H11IN2/c13-9-4-3-5-10(8-9)15-12-7-2-1-6-11(12)14/h1-8,15H,14H2. The zero-order valence-electron chi connectivity index (χ0n) is 8.07. The number of nitrogen functional groups attached to an aromatic ring is 1. The van der Waals surface area contributed by atoms with Gasteiger partial charge < -0.3 is 11.1 Å². The van der Waals surface area contributed by atoms with Crippen molar-refractivity contribution in [2.75, 3.05) is 11.1 Å². The highest BCUT2D eigenvalue weighted by Crippen LogP contribution is 2.23. The van der Waals surface area contributed by atoms with Crippen LogP contribution >= 0.6 is 22.6 Å². The molecule has 3 N–H and O–H groups in total. The molecule has 2 aromatic rings. The molecule has 0 aliphatic rings. The first-order valence-electron chi connectivity index (χ1n) is 4.63. The van der Waals surface area contributed by atoms with Gasteiger partial charge in [0.2, 0.25) is 0 Å². The van der Waals surface area contributed by atoms with Crippen LogP contribution in [0.25, 0.3) is 0 Å². The normalized spacial score (nSPS) is 9.93. The van der Waals surface area contributed by atoms with Crippen LogP contribution < -0.4 is 11.1 Å². The van der Waals surface area contributed by atoms with Crippen molar-refractivity contribution in [3.8, 4) is 0 Å². The van der Waals surface area contributed by atoms with Gasteiger partial charge in [-0.05, 0) is 52.9 Å². The molecule has 15 heavy (non-hydrogen) atoms. The molecule has 0 aliphatic heterocycles. The highest BCUT2D eigenvalue weighted by Gasteiger charge is 1.98. The maximum Gasteiger partial charge on any atom is 0.0617 e. The topological polar surface area (TPSA) is 38.0 Å². The smallest absolute Gasteiger partial charge is 0.0617 e. The summed E-state index contributed by atoms with van der Waals surface area (Å²) in [6, 6.07) is 15.9. The molecule has 2 nitrogen and oxygen atoms in total. The quantitative estimate of drug-likeness (QED) is 0.657. The molecule has 0 spiro atoms. The summed E-state index contributed by atoms with van der Waals surface area (Å²) in [5.74, 6) is 0. The summed E-state index contributed by atoms with van der Waals surface area (Å²) in [7, 11) is 0. The van der Waals surface area contributed by atoms with Gasteiger partial charge in [-0.25, -0.2) is 0 Å². The monoisotopic (exact) mass is 310 g/mol. The molecule has 76 valence electrons. The van der Waals surface area contributed by atoms with E-state index in [0.717, 1.165) is 17.1 Å². The third-order valence-electron chi connectivity index (χ3n) is 2.06. The van der Waals surface area contributed by atoms with Crippen molar-refractivity contribution in [2.24, 2.45) is 0 Å². The summed E-state index contributed by atoms with van der Waals surface area (Å²) in [5, 5.41) is 3.28. The summed E-state index contributed by atoms with van der Waals surface area (Å²) >= 11 is 2.29. The van der Waals surface area contributed by atoms with Crippen LogP contribution in [0.1, 0.15) is 0 Å². The Kier molecular flexibility index (Phi) is 3.11. The Labute approximate surface area is 103 Å². The van der Waals surface area contributed by atoms with E-state index in [2.05, 4.69) is 40.0 Å². The van der Waals surface area contributed by atoms with Crippen molar-refractivity contribution in [1.29, 1.82) is 0 Å². The van der Waals surface area contributed by atoms with Gasteiger partial charge in [0, 0.05) is 9.26 Å². The summed E-state index contributed by atoms with van der Waals surface area (Å²) in [6.07, 6.45) is 0. The van der Waals surface area contributed by atoms with Gasteiger partial charge in [0.25, 0.3) is 0 Å². The first-order valence-corrected chi connectivity index (χ1v) is 5.71. The first-order chi connectivity index (χ1) is 7.25. The zero-order valence-corrected chi connectivity index (χ0v) is 10.2. The second kappa shape index (κ2) is 4.53. The number of anilines is 3. The van der Waals surface area contributed by atoms with Gasteiger partial charge >= 0.3 is 0 Å². The van der Waals surface area contributed by atoms with E-state index >= 15 is 0 Å². The lowest BCUT2D eigenvalue weighted by Gasteiger charge is -2.08. The first kappa shape index (κ1) is 10.3. The average Bonchev–Trinajstić information content (AvgIpc) is 2.22. The van der Waals surface area contributed by atoms with Gasteiger partial charge in [0.05, 0.1) is 11.4 Å². The third-order valence-corrected chi connectivity index (χ3v) is 2.74. The SMILES string of the molecule is Nc1ccccc1Nc1cccc(I)c1. The molecule has 0 unspecified atom stereocenters.